The van der Waals surface area contributed by atoms with E-state index in [0.717, 1.165) is 40.7 Å². The van der Waals surface area contributed by atoms with Crippen LogP contribution in [0.1, 0.15) is 51.0 Å². The van der Waals surface area contributed by atoms with Gasteiger partial charge < -0.3 is 9.84 Å². The highest BCUT2D eigenvalue weighted by Crippen LogP contribution is 2.32. The standard InChI is InChI=1S/C23H28O3/c1-2-3-17-4-6-19(7-5-17)16-26-22-12-11-20-14-18(9-13-23(24)25)8-10-21(20)15-22/h8-15,17,19H,2-7,16H2,1H3,(H,24,25)/t17-,19+. The van der Waals surface area contributed by atoms with Crippen LogP contribution >= 0.6 is 0 Å². The smallest absolute Gasteiger partial charge is 0.328 e. The molecule has 0 saturated heterocycles. The Balaban J connectivity index is 1.57. The Kier molecular flexibility index (Phi) is 6.32. The van der Waals surface area contributed by atoms with E-state index in [2.05, 4.69) is 13.0 Å². The predicted octanol–water partition coefficient (Wildman–Crippen LogP) is 5.92. The Morgan fingerprint density at radius 3 is 2.50 bits per heavy atom. The second-order valence-electron chi connectivity index (χ2n) is 7.43. The highest BCUT2D eigenvalue weighted by Gasteiger charge is 2.20. The first-order valence-corrected chi connectivity index (χ1v) is 9.71. The van der Waals surface area contributed by atoms with Crippen molar-refractivity contribution in [3.63, 3.8) is 0 Å². The van der Waals surface area contributed by atoms with Gasteiger partial charge >= 0.3 is 5.97 Å². The molecular formula is C23H28O3. The van der Waals surface area contributed by atoms with Gasteiger partial charge in [-0.3, -0.25) is 0 Å². The van der Waals surface area contributed by atoms with E-state index in [1.807, 2.05) is 30.3 Å². The lowest BCUT2D eigenvalue weighted by atomic mass is 9.80. The lowest BCUT2D eigenvalue weighted by Gasteiger charge is -2.28. The van der Waals surface area contributed by atoms with Gasteiger partial charge in [0.15, 0.2) is 0 Å². The minimum Gasteiger partial charge on any atom is -0.493 e. The Bertz CT molecular complexity index is 770. The van der Waals surface area contributed by atoms with Crippen LogP contribution in [0.4, 0.5) is 0 Å². The fourth-order valence-electron chi connectivity index (χ4n) is 3.91. The molecule has 0 heterocycles. The molecule has 3 heteroatoms. The number of aliphatic carboxylic acids is 1. The number of ether oxygens (including phenoxy) is 1. The molecule has 0 spiro atoms. The number of carboxylic acids is 1. The predicted molar refractivity (Wildman–Crippen MR) is 106 cm³/mol. The minimum absolute atomic E-state index is 0.683. The van der Waals surface area contributed by atoms with E-state index in [1.165, 1.54) is 38.5 Å². The van der Waals surface area contributed by atoms with Crippen molar-refractivity contribution in [3.05, 3.63) is 48.0 Å². The zero-order valence-electron chi connectivity index (χ0n) is 15.5. The maximum atomic E-state index is 10.6. The molecule has 1 N–H and O–H groups in total. The Morgan fingerprint density at radius 2 is 1.77 bits per heavy atom. The van der Waals surface area contributed by atoms with Crippen molar-refractivity contribution >= 4 is 22.8 Å². The molecule has 0 bridgehead atoms. The van der Waals surface area contributed by atoms with Crippen molar-refractivity contribution in [2.75, 3.05) is 6.61 Å². The molecule has 0 amide bonds. The van der Waals surface area contributed by atoms with E-state index in [1.54, 1.807) is 6.08 Å². The third-order valence-corrected chi connectivity index (χ3v) is 5.40. The van der Waals surface area contributed by atoms with Crippen molar-refractivity contribution in [3.8, 4) is 5.75 Å². The lowest BCUT2D eigenvalue weighted by molar-refractivity contribution is -0.131. The van der Waals surface area contributed by atoms with Gasteiger partial charge in [-0.1, -0.05) is 50.8 Å². The molecule has 0 radical (unpaired) electrons. The number of carbonyl (C=O) groups is 1. The topological polar surface area (TPSA) is 46.5 Å². The fourth-order valence-corrected chi connectivity index (χ4v) is 3.91. The second-order valence-corrected chi connectivity index (χ2v) is 7.43. The number of rotatable bonds is 7. The molecule has 3 rings (SSSR count). The normalized spacial score (nSPS) is 20.5. The number of benzene rings is 2. The zero-order chi connectivity index (χ0) is 18.4. The van der Waals surface area contributed by atoms with Crippen LogP contribution in [-0.4, -0.2) is 17.7 Å². The van der Waals surface area contributed by atoms with Crippen LogP contribution in [0.5, 0.6) is 5.75 Å². The monoisotopic (exact) mass is 352 g/mol. The van der Waals surface area contributed by atoms with Gasteiger partial charge in [0.1, 0.15) is 5.75 Å². The van der Waals surface area contributed by atoms with Gasteiger partial charge in [0.2, 0.25) is 0 Å². The summed E-state index contributed by atoms with van der Waals surface area (Å²) < 4.78 is 6.07. The average Bonchev–Trinajstić information content (AvgIpc) is 2.66. The van der Waals surface area contributed by atoms with E-state index < -0.39 is 5.97 Å². The van der Waals surface area contributed by atoms with Crippen molar-refractivity contribution < 1.29 is 14.6 Å². The molecule has 3 nitrogen and oxygen atoms in total. The third-order valence-electron chi connectivity index (χ3n) is 5.40. The molecule has 2 aromatic rings. The van der Waals surface area contributed by atoms with E-state index in [0.29, 0.717) is 5.92 Å². The van der Waals surface area contributed by atoms with Crippen LogP contribution < -0.4 is 4.74 Å². The average molecular weight is 352 g/mol. The van der Waals surface area contributed by atoms with Crippen LogP contribution in [0.25, 0.3) is 16.8 Å². The molecule has 1 aliphatic rings. The summed E-state index contributed by atoms with van der Waals surface area (Å²) in [6, 6.07) is 12.1. The maximum absolute atomic E-state index is 10.6. The largest absolute Gasteiger partial charge is 0.493 e. The fraction of sp³-hybridized carbons (Fsp3) is 0.435. The summed E-state index contributed by atoms with van der Waals surface area (Å²) in [6.45, 7) is 3.09. The van der Waals surface area contributed by atoms with E-state index in [-0.39, 0.29) is 0 Å². The third kappa shape index (κ3) is 5.10. The van der Waals surface area contributed by atoms with Gasteiger partial charge in [0.25, 0.3) is 0 Å². The van der Waals surface area contributed by atoms with Crippen LogP contribution in [-0.2, 0) is 4.79 Å². The van der Waals surface area contributed by atoms with Gasteiger partial charge in [-0.2, -0.15) is 0 Å². The second kappa shape index (κ2) is 8.88. The summed E-state index contributed by atoms with van der Waals surface area (Å²) in [5.41, 5.74) is 0.886. The summed E-state index contributed by atoms with van der Waals surface area (Å²) in [6.07, 6.45) is 10.7. The van der Waals surface area contributed by atoms with Gasteiger partial charge in [-0.15, -0.1) is 0 Å². The first-order valence-electron chi connectivity index (χ1n) is 9.71. The number of carboxylic acid groups (broad SMARTS) is 1. The zero-order valence-corrected chi connectivity index (χ0v) is 15.5. The maximum Gasteiger partial charge on any atom is 0.328 e. The van der Waals surface area contributed by atoms with Gasteiger partial charge in [0.05, 0.1) is 6.61 Å². The van der Waals surface area contributed by atoms with E-state index >= 15 is 0 Å². The quantitative estimate of drug-likeness (QED) is 0.629. The first kappa shape index (κ1) is 18.5. The van der Waals surface area contributed by atoms with E-state index in [9.17, 15) is 4.79 Å². The minimum atomic E-state index is -0.933. The number of fused-ring (bicyclic) bond motifs is 1. The molecule has 0 aromatic heterocycles. The molecule has 0 aliphatic heterocycles. The van der Waals surface area contributed by atoms with Crippen molar-refractivity contribution in [2.24, 2.45) is 11.8 Å². The number of hydrogen-bond donors (Lipinski definition) is 1. The molecule has 26 heavy (non-hydrogen) atoms. The van der Waals surface area contributed by atoms with Crippen LogP contribution in [0.3, 0.4) is 0 Å². The highest BCUT2D eigenvalue weighted by molar-refractivity contribution is 5.89. The number of hydrogen-bond acceptors (Lipinski definition) is 2. The lowest BCUT2D eigenvalue weighted by Crippen LogP contribution is -2.20. The molecule has 0 unspecified atom stereocenters. The first-order chi connectivity index (χ1) is 12.6. The molecular weight excluding hydrogens is 324 g/mol. The summed E-state index contributed by atoms with van der Waals surface area (Å²) in [5, 5.41) is 10.9. The summed E-state index contributed by atoms with van der Waals surface area (Å²) in [4.78, 5) is 10.6. The van der Waals surface area contributed by atoms with Crippen molar-refractivity contribution in [1.29, 1.82) is 0 Å². The molecule has 1 aliphatic carbocycles. The molecule has 0 atom stereocenters. The molecule has 2 aromatic carbocycles. The Hall–Kier alpha value is -2.29. The highest BCUT2D eigenvalue weighted by atomic mass is 16.5. The van der Waals surface area contributed by atoms with Gasteiger partial charge in [0, 0.05) is 6.08 Å². The SMILES string of the molecule is CCC[C@H]1CC[C@@H](COc2ccc3cc(C=CC(=O)O)ccc3c2)CC1. The van der Waals surface area contributed by atoms with Crippen molar-refractivity contribution in [2.45, 2.75) is 45.4 Å². The van der Waals surface area contributed by atoms with E-state index in [4.69, 9.17) is 9.84 Å². The van der Waals surface area contributed by atoms with Crippen LogP contribution in [0, 0.1) is 11.8 Å². The Labute approximate surface area is 155 Å². The van der Waals surface area contributed by atoms with Crippen LogP contribution in [0.2, 0.25) is 0 Å². The summed E-state index contributed by atoms with van der Waals surface area (Å²) >= 11 is 0. The summed E-state index contributed by atoms with van der Waals surface area (Å²) in [5.74, 6) is 1.60. The summed E-state index contributed by atoms with van der Waals surface area (Å²) in [7, 11) is 0. The van der Waals surface area contributed by atoms with Crippen LogP contribution in [0.15, 0.2) is 42.5 Å². The molecule has 138 valence electrons. The molecule has 1 fully saturated rings. The van der Waals surface area contributed by atoms with Gasteiger partial charge in [-0.05, 0) is 65.3 Å². The van der Waals surface area contributed by atoms with Gasteiger partial charge in [-0.25, -0.2) is 4.79 Å². The Morgan fingerprint density at radius 1 is 1.08 bits per heavy atom. The molecule has 1 saturated carbocycles. The van der Waals surface area contributed by atoms with Crippen molar-refractivity contribution in [1.82, 2.24) is 0 Å².